The summed E-state index contributed by atoms with van der Waals surface area (Å²) in [5.41, 5.74) is 0.153. The smallest absolute Gasteiger partial charge is 0.314 e. The Balaban J connectivity index is 2.08. The van der Waals surface area contributed by atoms with Crippen molar-refractivity contribution in [2.75, 3.05) is 12.3 Å². The van der Waals surface area contributed by atoms with E-state index in [4.69, 9.17) is 9.29 Å². The minimum atomic E-state index is -4.15. The Morgan fingerprint density at radius 2 is 1.92 bits per heavy atom. The monoisotopic (exact) mass is 481 g/mol. The fourth-order valence-corrected chi connectivity index (χ4v) is 3.51. The number of rotatable bonds is 6. The number of halogens is 1. The Kier molecular flexibility index (Phi) is 7.20. The van der Waals surface area contributed by atoms with E-state index in [0.29, 0.717) is 0 Å². The molecule has 1 aliphatic rings. The lowest BCUT2D eigenvalue weighted by Gasteiger charge is -2.20. The second kappa shape index (κ2) is 8.95. The van der Waals surface area contributed by atoms with Gasteiger partial charge in [-0.05, 0) is 53.6 Å². The number of esters is 1. The molecule has 2 N–H and O–H groups in total. The van der Waals surface area contributed by atoms with Crippen molar-refractivity contribution in [1.82, 2.24) is 5.32 Å². The van der Waals surface area contributed by atoms with Crippen LogP contribution in [0.2, 0.25) is 0 Å². The Labute approximate surface area is 160 Å². The summed E-state index contributed by atoms with van der Waals surface area (Å²) in [6, 6.07) is 4.81. The van der Waals surface area contributed by atoms with Crippen molar-refractivity contribution in [3.63, 3.8) is 0 Å². The summed E-state index contributed by atoms with van der Waals surface area (Å²) in [5.74, 6) is -1.48. The molecule has 25 heavy (non-hydrogen) atoms. The topological polar surface area (TPSA) is 110 Å². The van der Waals surface area contributed by atoms with Gasteiger partial charge in [0.25, 0.3) is 16.0 Å². The zero-order valence-electron chi connectivity index (χ0n) is 13.5. The van der Waals surface area contributed by atoms with E-state index in [2.05, 4.69) is 27.9 Å². The van der Waals surface area contributed by atoms with Crippen LogP contribution in [-0.4, -0.2) is 37.1 Å². The molecule has 1 aromatic carbocycles. The fourth-order valence-electron chi connectivity index (χ4n) is 2.69. The minimum absolute atomic E-state index is 0.151. The first-order chi connectivity index (χ1) is 11.8. The number of ether oxygens (including phenoxy) is 1. The van der Waals surface area contributed by atoms with Gasteiger partial charge >= 0.3 is 5.97 Å². The van der Waals surface area contributed by atoms with Gasteiger partial charge in [0.05, 0.1) is 17.2 Å². The van der Waals surface area contributed by atoms with Crippen molar-refractivity contribution < 1.29 is 27.3 Å². The van der Waals surface area contributed by atoms with Gasteiger partial charge in [-0.1, -0.05) is 19.3 Å². The van der Waals surface area contributed by atoms with Crippen LogP contribution in [0.15, 0.2) is 18.2 Å². The highest BCUT2D eigenvalue weighted by Gasteiger charge is 2.25. The maximum absolute atomic E-state index is 12.3. The predicted molar refractivity (Wildman–Crippen MR) is 100 cm³/mol. The maximum Gasteiger partial charge on any atom is 0.314 e. The van der Waals surface area contributed by atoms with Crippen molar-refractivity contribution in [2.45, 2.75) is 32.1 Å². The quantitative estimate of drug-likeness (QED) is 0.280. The Bertz CT molecular complexity index is 743. The lowest BCUT2D eigenvalue weighted by Crippen LogP contribution is -2.30. The molecule has 1 saturated carbocycles. The van der Waals surface area contributed by atoms with Gasteiger partial charge in [-0.2, -0.15) is 8.42 Å². The summed E-state index contributed by atoms with van der Waals surface area (Å²) in [6.07, 6.45) is 4.69. The normalized spacial score (nSPS) is 15.6. The van der Waals surface area contributed by atoms with E-state index < -0.39 is 21.8 Å². The molecule has 1 aromatic rings. The number of nitrogens with one attached hydrogen (secondary N) is 1. The standard InChI is InChI=1S/C16H20INO6S/c17-12-6-7-13(15(19)18-8-9-25(21,22)23)14(10-12)24-16(20)11-4-2-1-3-5-11/h6-7,10-11H,1-5,8-9H2,(H,18,19)(H,21,22,23). The van der Waals surface area contributed by atoms with Crippen LogP contribution < -0.4 is 10.1 Å². The van der Waals surface area contributed by atoms with Crippen LogP contribution in [-0.2, 0) is 14.9 Å². The third-order valence-corrected chi connectivity index (χ3v) is 5.37. The van der Waals surface area contributed by atoms with E-state index in [1.165, 1.54) is 6.07 Å². The number of amides is 1. The number of hydrogen-bond donors (Lipinski definition) is 2. The van der Waals surface area contributed by atoms with Crippen molar-refractivity contribution >= 4 is 44.6 Å². The Hall–Kier alpha value is -1.20. The second-order valence-electron chi connectivity index (χ2n) is 5.94. The van der Waals surface area contributed by atoms with Gasteiger partial charge in [-0.15, -0.1) is 0 Å². The highest BCUT2D eigenvalue weighted by molar-refractivity contribution is 14.1. The second-order valence-corrected chi connectivity index (χ2v) is 8.76. The summed E-state index contributed by atoms with van der Waals surface area (Å²) in [5, 5.41) is 2.40. The Morgan fingerprint density at radius 3 is 2.56 bits per heavy atom. The van der Waals surface area contributed by atoms with Gasteiger partial charge in [0, 0.05) is 10.1 Å². The van der Waals surface area contributed by atoms with Crippen LogP contribution in [0.1, 0.15) is 42.5 Å². The van der Waals surface area contributed by atoms with Crippen molar-refractivity contribution in [2.24, 2.45) is 5.92 Å². The zero-order valence-corrected chi connectivity index (χ0v) is 16.5. The van der Waals surface area contributed by atoms with Crippen molar-refractivity contribution in [1.29, 1.82) is 0 Å². The molecule has 0 heterocycles. The third kappa shape index (κ3) is 6.55. The van der Waals surface area contributed by atoms with Crippen LogP contribution >= 0.6 is 22.6 Å². The van der Waals surface area contributed by atoms with Crippen LogP contribution in [0, 0.1) is 9.49 Å². The van der Waals surface area contributed by atoms with E-state index in [9.17, 15) is 18.0 Å². The van der Waals surface area contributed by atoms with E-state index in [-0.39, 0.29) is 29.7 Å². The van der Waals surface area contributed by atoms with Gasteiger partial charge in [0.15, 0.2) is 0 Å². The summed E-state index contributed by atoms with van der Waals surface area (Å²) in [6.45, 7) is -0.236. The molecule has 0 spiro atoms. The van der Waals surface area contributed by atoms with E-state index in [1.807, 2.05) is 0 Å². The molecule has 1 amide bonds. The van der Waals surface area contributed by atoms with Gasteiger partial charge < -0.3 is 10.1 Å². The van der Waals surface area contributed by atoms with Crippen molar-refractivity contribution in [3.8, 4) is 5.75 Å². The van der Waals surface area contributed by atoms with Gasteiger partial charge in [-0.3, -0.25) is 14.1 Å². The van der Waals surface area contributed by atoms with Crippen LogP contribution in [0.25, 0.3) is 0 Å². The summed E-state index contributed by atoms with van der Waals surface area (Å²) >= 11 is 2.05. The van der Waals surface area contributed by atoms with Gasteiger partial charge in [-0.25, -0.2) is 0 Å². The predicted octanol–water partition coefficient (Wildman–Crippen LogP) is 2.39. The lowest BCUT2D eigenvalue weighted by atomic mass is 9.89. The Morgan fingerprint density at radius 1 is 1.24 bits per heavy atom. The highest BCUT2D eigenvalue weighted by Crippen LogP contribution is 2.28. The average molecular weight is 481 g/mol. The summed E-state index contributed by atoms with van der Waals surface area (Å²) in [4.78, 5) is 24.6. The first-order valence-electron chi connectivity index (χ1n) is 8.01. The molecule has 9 heteroatoms. The average Bonchev–Trinajstić information content (AvgIpc) is 2.54. The molecule has 0 bridgehead atoms. The van der Waals surface area contributed by atoms with Gasteiger partial charge in [0.2, 0.25) is 0 Å². The largest absolute Gasteiger partial charge is 0.425 e. The van der Waals surface area contributed by atoms with Crippen LogP contribution in [0.3, 0.4) is 0 Å². The first-order valence-corrected chi connectivity index (χ1v) is 10.7. The molecular weight excluding hydrogens is 461 g/mol. The van der Waals surface area contributed by atoms with Crippen molar-refractivity contribution in [3.05, 3.63) is 27.3 Å². The maximum atomic E-state index is 12.3. The number of carbonyl (C=O) groups is 2. The fraction of sp³-hybridized carbons (Fsp3) is 0.500. The van der Waals surface area contributed by atoms with Crippen LogP contribution in [0.5, 0.6) is 5.75 Å². The minimum Gasteiger partial charge on any atom is -0.425 e. The molecule has 0 atom stereocenters. The molecule has 0 aliphatic heterocycles. The molecule has 0 aromatic heterocycles. The molecular formula is C16H20INO6S. The molecule has 2 rings (SSSR count). The van der Waals surface area contributed by atoms with Crippen LogP contribution in [0.4, 0.5) is 0 Å². The molecule has 0 saturated heterocycles. The molecule has 0 radical (unpaired) electrons. The van der Waals surface area contributed by atoms with E-state index in [0.717, 1.165) is 35.7 Å². The summed E-state index contributed by atoms with van der Waals surface area (Å²) in [7, 11) is -4.15. The number of benzene rings is 1. The van der Waals surface area contributed by atoms with Gasteiger partial charge in [0.1, 0.15) is 5.75 Å². The first kappa shape index (κ1) is 20.1. The molecule has 138 valence electrons. The molecule has 0 unspecified atom stereocenters. The van der Waals surface area contributed by atoms with E-state index in [1.54, 1.807) is 12.1 Å². The summed E-state index contributed by atoms with van der Waals surface area (Å²) < 4.78 is 36.4. The molecule has 1 fully saturated rings. The molecule has 7 nitrogen and oxygen atoms in total. The number of hydrogen-bond acceptors (Lipinski definition) is 5. The lowest BCUT2D eigenvalue weighted by molar-refractivity contribution is -0.140. The van der Waals surface area contributed by atoms with E-state index >= 15 is 0 Å². The zero-order chi connectivity index (χ0) is 18.4. The SMILES string of the molecule is O=C(NCCS(=O)(=O)O)c1ccc(I)cc1OC(=O)C1CCCCC1. The highest BCUT2D eigenvalue weighted by atomic mass is 127. The number of carbonyl (C=O) groups excluding carboxylic acids is 2. The third-order valence-electron chi connectivity index (χ3n) is 3.98. The molecule has 1 aliphatic carbocycles.